The molecular formula is C15H16FNO2. The number of hydrogen-bond acceptors (Lipinski definition) is 2. The van der Waals surface area contributed by atoms with Crippen LogP contribution >= 0.6 is 0 Å². The van der Waals surface area contributed by atoms with Gasteiger partial charge in [0.05, 0.1) is 6.61 Å². The van der Waals surface area contributed by atoms with Crippen LogP contribution in [0.15, 0.2) is 24.3 Å². The highest BCUT2D eigenvalue weighted by molar-refractivity contribution is 5.92. The molecule has 19 heavy (non-hydrogen) atoms. The summed E-state index contributed by atoms with van der Waals surface area (Å²) in [5, 5.41) is 0. The molecule has 0 unspecified atom stereocenters. The van der Waals surface area contributed by atoms with Crippen LogP contribution in [0.5, 0.6) is 0 Å². The zero-order valence-electron chi connectivity index (χ0n) is 11.2. The van der Waals surface area contributed by atoms with Crippen molar-refractivity contribution < 1.29 is 13.9 Å². The number of benzene rings is 1. The van der Waals surface area contributed by atoms with Crippen LogP contribution in [0.25, 0.3) is 11.1 Å². The molecule has 2 aromatic rings. The summed E-state index contributed by atoms with van der Waals surface area (Å²) in [6, 6.07) is 6.22. The van der Waals surface area contributed by atoms with Crippen LogP contribution in [-0.4, -0.2) is 17.6 Å². The Morgan fingerprint density at radius 3 is 2.47 bits per heavy atom. The minimum atomic E-state index is -0.364. The quantitative estimate of drug-likeness (QED) is 0.857. The third kappa shape index (κ3) is 2.52. The first-order chi connectivity index (χ1) is 9.04. The molecule has 1 heterocycles. The van der Waals surface area contributed by atoms with E-state index in [1.165, 1.54) is 12.1 Å². The van der Waals surface area contributed by atoms with Crippen LogP contribution in [-0.2, 0) is 4.74 Å². The monoisotopic (exact) mass is 261 g/mol. The topological polar surface area (TPSA) is 42.1 Å². The van der Waals surface area contributed by atoms with Gasteiger partial charge in [-0.3, -0.25) is 0 Å². The highest BCUT2D eigenvalue weighted by atomic mass is 19.1. The Labute approximate surface area is 111 Å². The number of hydrogen-bond donors (Lipinski definition) is 1. The van der Waals surface area contributed by atoms with E-state index < -0.39 is 0 Å². The normalized spacial score (nSPS) is 10.5. The van der Waals surface area contributed by atoms with Crippen LogP contribution in [0.2, 0.25) is 0 Å². The fraction of sp³-hybridized carbons (Fsp3) is 0.267. The molecule has 1 aromatic carbocycles. The maximum Gasteiger partial charge on any atom is 0.355 e. The maximum absolute atomic E-state index is 13.0. The van der Waals surface area contributed by atoms with Crippen LogP contribution in [0, 0.1) is 19.7 Å². The van der Waals surface area contributed by atoms with E-state index >= 15 is 0 Å². The lowest BCUT2D eigenvalue weighted by molar-refractivity contribution is 0.0519. The van der Waals surface area contributed by atoms with Gasteiger partial charge in [-0.2, -0.15) is 0 Å². The largest absolute Gasteiger partial charge is 0.461 e. The summed E-state index contributed by atoms with van der Waals surface area (Å²) in [6.07, 6.45) is 0. The molecule has 0 spiro atoms. The predicted octanol–water partition coefficient (Wildman–Crippen LogP) is 3.61. The second kappa shape index (κ2) is 5.26. The molecule has 0 aliphatic heterocycles. The smallest absolute Gasteiger partial charge is 0.355 e. The molecule has 0 bridgehead atoms. The second-order valence-corrected chi connectivity index (χ2v) is 4.35. The molecule has 0 aliphatic rings. The first-order valence-electron chi connectivity index (χ1n) is 6.16. The van der Waals surface area contributed by atoms with E-state index in [9.17, 15) is 9.18 Å². The average Bonchev–Trinajstić information content (AvgIpc) is 2.67. The Balaban J connectivity index is 2.47. The van der Waals surface area contributed by atoms with Gasteiger partial charge >= 0.3 is 5.97 Å². The summed E-state index contributed by atoms with van der Waals surface area (Å²) in [5.41, 5.74) is 3.94. The van der Waals surface area contributed by atoms with Gasteiger partial charge in [-0.05, 0) is 44.0 Å². The maximum atomic E-state index is 13.0. The number of carbonyl (C=O) groups excluding carboxylic acids is 1. The lowest BCUT2D eigenvalue weighted by Crippen LogP contribution is -2.06. The van der Waals surface area contributed by atoms with Crippen LogP contribution in [0.3, 0.4) is 0 Å². The van der Waals surface area contributed by atoms with E-state index in [1.54, 1.807) is 19.1 Å². The van der Waals surface area contributed by atoms with E-state index in [1.807, 2.05) is 13.8 Å². The Bertz CT molecular complexity index is 599. The predicted molar refractivity (Wildman–Crippen MR) is 71.6 cm³/mol. The minimum Gasteiger partial charge on any atom is -0.461 e. The number of aryl methyl sites for hydroxylation is 1. The van der Waals surface area contributed by atoms with Gasteiger partial charge in [0.1, 0.15) is 11.5 Å². The molecule has 1 aromatic heterocycles. The lowest BCUT2D eigenvalue weighted by Gasteiger charge is -2.03. The highest BCUT2D eigenvalue weighted by Gasteiger charge is 2.19. The van der Waals surface area contributed by atoms with Crippen molar-refractivity contribution in [3.8, 4) is 11.1 Å². The van der Waals surface area contributed by atoms with E-state index in [-0.39, 0.29) is 11.8 Å². The molecule has 100 valence electrons. The number of aromatic nitrogens is 1. The van der Waals surface area contributed by atoms with Crippen molar-refractivity contribution in [2.24, 2.45) is 0 Å². The van der Waals surface area contributed by atoms with E-state index in [0.29, 0.717) is 12.3 Å². The van der Waals surface area contributed by atoms with E-state index in [2.05, 4.69) is 4.98 Å². The van der Waals surface area contributed by atoms with Crippen molar-refractivity contribution in [1.29, 1.82) is 0 Å². The van der Waals surface area contributed by atoms with Gasteiger partial charge in [0, 0.05) is 11.3 Å². The molecule has 2 rings (SSSR count). The van der Waals surface area contributed by atoms with Gasteiger partial charge < -0.3 is 9.72 Å². The average molecular weight is 261 g/mol. The lowest BCUT2D eigenvalue weighted by atomic mass is 10.0. The minimum absolute atomic E-state index is 0.278. The summed E-state index contributed by atoms with van der Waals surface area (Å²) < 4.78 is 18.0. The highest BCUT2D eigenvalue weighted by Crippen LogP contribution is 2.29. The SMILES string of the molecule is CCOC(=O)c1[nH]c(C)c(-c2ccc(F)cc2)c1C. The number of carbonyl (C=O) groups is 1. The summed E-state index contributed by atoms with van der Waals surface area (Å²) in [5.74, 6) is -0.642. The Morgan fingerprint density at radius 1 is 1.26 bits per heavy atom. The number of H-pyrrole nitrogens is 1. The number of nitrogens with one attached hydrogen (secondary N) is 1. The molecule has 0 saturated heterocycles. The van der Waals surface area contributed by atoms with Gasteiger partial charge in [0.25, 0.3) is 0 Å². The second-order valence-electron chi connectivity index (χ2n) is 4.35. The first kappa shape index (κ1) is 13.3. The molecule has 0 atom stereocenters. The Hall–Kier alpha value is -2.10. The Morgan fingerprint density at radius 2 is 1.89 bits per heavy atom. The van der Waals surface area contributed by atoms with Crippen molar-refractivity contribution in [2.45, 2.75) is 20.8 Å². The number of esters is 1. The van der Waals surface area contributed by atoms with E-state index in [0.717, 1.165) is 22.4 Å². The summed E-state index contributed by atoms with van der Waals surface area (Å²) >= 11 is 0. The van der Waals surface area contributed by atoms with Gasteiger partial charge in [0.2, 0.25) is 0 Å². The van der Waals surface area contributed by atoms with E-state index in [4.69, 9.17) is 4.74 Å². The third-order valence-electron chi connectivity index (χ3n) is 3.05. The molecule has 0 fully saturated rings. The van der Waals surface area contributed by atoms with Crippen molar-refractivity contribution in [3.05, 3.63) is 47.0 Å². The zero-order valence-corrected chi connectivity index (χ0v) is 11.2. The fourth-order valence-corrected chi connectivity index (χ4v) is 2.21. The van der Waals surface area contributed by atoms with Gasteiger partial charge in [-0.1, -0.05) is 12.1 Å². The van der Waals surface area contributed by atoms with Gasteiger partial charge in [-0.15, -0.1) is 0 Å². The standard InChI is InChI=1S/C15H16FNO2/c1-4-19-15(18)14-9(2)13(10(3)17-14)11-5-7-12(16)8-6-11/h5-8,17H,4H2,1-3H3. The summed E-state index contributed by atoms with van der Waals surface area (Å²) in [4.78, 5) is 14.8. The van der Waals surface area contributed by atoms with Crippen LogP contribution < -0.4 is 0 Å². The van der Waals surface area contributed by atoms with Crippen LogP contribution in [0.1, 0.15) is 28.7 Å². The molecule has 4 heteroatoms. The summed E-state index contributed by atoms with van der Waals surface area (Å²) in [7, 11) is 0. The summed E-state index contributed by atoms with van der Waals surface area (Å²) in [6.45, 7) is 5.84. The van der Waals surface area contributed by atoms with Crippen molar-refractivity contribution in [3.63, 3.8) is 0 Å². The molecule has 3 nitrogen and oxygen atoms in total. The number of halogens is 1. The molecule has 0 amide bonds. The number of ether oxygens (including phenoxy) is 1. The Kier molecular flexibility index (Phi) is 3.69. The molecule has 1 N–H and O–H groups in total. The number of aromatic amines is 1. The third-order valence-corrected chi connectivity index (χ3v) is 3.05. The number of rotatable bonds is 3. The van der Waals surface area contributed by atoms with Crippen molar-refractivity contribution in [2.75, 3.05) is 6.61 Å². The van der Waals surface area contributed by atoms with Gasteiger partial charge in [-0.25, -0.2) is 9.18 Å². The molecule has 0 saturated carbocycles. The molecular weight excluding hydrogens is 245 g/mol. The van der Waals surface area contributed by atoms with Crippen molar-refractivity contribution >= 4 is 5.97 Å². The van der Waals surface area contributed by atoms with Crippen molar-refractivity contribution in [1.82, 2.24) is 4.98 Å². The van der Waals surface area contributed by atoms with Gasteiger partial charge in [0.15, 0.2) is 0 Å². The molecule has 0 radical (unpaired) electrons. The molecule has 0 aliphatic carbocycles. The zero-order chi connectivity index (χ0) is 14.0. The fourth-order valence-electron chi connectivity index (χ4n) is 2.21. The van der Waals surface area contributed by atoms with Crippen LogP contribution in [0.4, 0.5) is 4.39 Å². The first-order valence-corrected chi connectivity index (χ1v) is 6.16.